The Morgan fingerprint density at radius 1 is 1.23 bits per heavy atom. The Kier molecular flexibility index (Phi) is 10.9. The average molecular weight is 190 g/mol. The molecular weight excluding hydrogens is 168 g/mol. The number of carbonyl (C=O) groups excluding carboxylic acids is 1. The summed E-state index contributed by atoms with van der Waals surface area (Å²) in [4.78, 5) is 10.4. The van der Waals surface area contributed by atoms with E-state index in [-0.39, 0.29) is 11.4 Å². The zero-order valence-electron chi connectivity index (χ0n) is 8.93. The van der Waals surface area contributed by atoms with E-state index in [1.165, 1.54) is 26.2 Å². The van der Waals surface area contributed by atoms with Gasteiger partial charge >= 0.3 is 5.97 Å². The smallest absolute Gasteiger partial charge is 0.302 e. The van der Waals surface area contributed by atoms with E-state index >= 15 is 0 Å². The molecule has 0 bridgehead atoms. The minimum Gasteiger partial charge on any atom is -0.466 e. The Bertz CT molecular complexity index is 121. The number of carbonyl (C=O) groups is 1. The van der Waals surface area contributed by atoms with E-state index < -0.39 is 0 Å². The van der Waals surface area contributed by atoms with Crippen molar-refractivity contribution < 1.29 is 15.0 Å². The molecule has 0 unspecified atom stereocenters. The number of ether oxygens (including phenoxy) is 1. The predicted molar refractivity (Wildman–Crippen MR) is 53.6 cm³/mol. The lowest BCUT2D eigenvalue weighted by Gasteiger charge is -2.04. The molecule has 0 saturated carbocycles. The van der Waals surface area contributed by atoms with Crippen molar-refractivity contribution in [3.63, 3.8) is 0 Å². The summed E-state index contributed by atoms with van der Waals surface area (Å²) in [6, 6.07) is 0. The molecular formula is C10H22O3. The van der Waals surface area contributed by atoms with Gasteiger partial charge in [-0.1, -0.05) is 33.1 Å². The first kappa shape index (κ1) is 14.9. The Hall–Kier alpha value is -0.570. The molecule has 0 heterocycles. The second kappa shape index (κ2) is 9.52. The molecule has 0 spiro atoms. The Balaban J connectivity index is 0. The number of unbranched alkanes of at least 4 members (excludes halogenated alkanes) is 2. The first-order chi connectivity index (χ1) is 5.63. The maximum atomic E-state index is 10.4. The van der Waals surface area contributed by atoms with Gasteiger partial charge in [0.2, 0.25) is 0 Å². The molecule has 3 nitrogen and oxygen atoms in total. The van der Waals surface area contributed by atoms with Gasteiger partial charge in [-0.2, -0.15) is 0 Å². The summed E-state index contributed by atoms with van der Waals surface area (Å²) in [5, 5.41) is 0. The van der Waals surface area contributed by atoms with Crippen LogP contribution in [0.1, 0.15) is 46.5 Å². The first-order valence-electron chi connectivity index (χ1n) is 4.76. The molecule has 2 N–H and O–H groups in total. The van der Waals surface area contributed by atoms with Crippen molar-refractivity contribution >= 4 is 5.97 Å². The summed E-state index contributed by atoms with van der Waals surface area (Å²) < 4.78 is 4.81. The minimum absolute atomic E-state index is 0. The normalized spacial score (nSPS) is 9.54. The van der Waals surface area contributed by atoms with Gasteiger partial charge in [-0.15, -0.1) is 0 Å². The molecule has 0 aromatic rings. The van der Waals surface area contributed by atoms with Crippen LogP contribution in [0.2, 0.25) is 0 Å². The van der Waals surface area contributed by atoms with Crippen molar-refractivity contribution in [2.45, 2.75) is 46.5 Å². The molecule has 0 fully saturated rings. The molecule has 0 aromatic heterocycles. The fourth-order valence-corrected chi connectivity index (χ4v) is 1.05. The van der Waals surface area contributed by atoms with Crippen molar-refractivity contribution in [1.29, 1.82) is 0 Å². The number of hydrogen-bond acceptors (Lipinski definition) is 2. The summed E-state index contributed by atoms with van der Waals surface area (Å²) in [6.07, 6.45) is 4.71. The lowest BCUT2D eigenvalue weighted by Crippen LogP contribution is -2.00. The summed E-state index contributed by atoms with van der Waals surface area (Å²) in [7, 11) is 0. The zero-order chi connectivity index (χ0) is 9.40. The summed E-state index contributed by atoms with van der Waals surface area (Å²) in [6.45, 7) is 6.50. The van der Waals surface area contributed by atoms with Crippen LogP contribution in [0.15, 0.2) is 0 Å². The first-order valence-corrected chi connectivity index (χ1v) is 4.76. The standard InChI is InChI=1S/C10H20O2.H2O/c1-9(2)7-5-4-6-8-12-10(3)11;/h9H,4-8H2,1-3H3;1H2. The quantitative estimate of drug-likeness (QED) is 0.474. The molecule has 0 aliphatic heterocycles. The topological polar surface area (TPSA) is 57.8 Å². The lowest BCUT2D eigenvalue weighted by molar-refractivity contribution is -0.141. The number of hydrogen-bond donors (Lipinski definition) is 0. The highest BCUT2D eigenvalue weighted by Gasteiger charge is 1.95. The molecule has 0 aliphatic carbocycles. The summed E-state index contributed by atoms with van der Waals surface area (Å²) >= 11 is 0. The molecule has 80 valence electrons. The summed E-state index contributed by atoms with van der Waals surface area (Å²) in [5.74, 6) is 0.623. The minimum atomic E-state index is -0.168. The maximum Gasteiger partial charge on any atom is 0.302 e. The van der Waals surface area contributed by atoms with Crippen molar-refractivity contribution in [2.24, 2.45) is 5.92 Å². The van der Waals surface area contributed by atoms with Gasteiger partial charge in [-0.25, -0.2) is 0 Å². The van der Waals surface area contributed by atoms with Crippen LogP contribution in [-0.2, 0) is 9.53 Å². The van der Waals surface area contributed by atoms with Crippen LogP contribution in [0.5, 0.6) is 0 Å². The van der Waals surface area contributed by atoms with Gasteiger partial charge in [-0.3, -0.25) is 4.79 Å². The number of rotatable bonds is 6. The molecule has 3 heteroatoms. The van der Waals surface area contributed by atoms with Crippen molar-refractivity contribution in [3.05, 3.63) is 0 Å². The summed E-state index contributed by atoms with van der Waals surface area (Å²) in [5.41, 5.74) is 0. The van der Waals surface area contributed by atoms with Gasteiger partial charge in [0, 0.05) is 6.92 Å². The molecule has 0 saturated heterocycles. The number of esters is 1. The highest BCUT2D eigenvalue weighted by molar-refractivity contribution is 5.65. The van der Waals surface area contributed by atoms with E-state index in [1.54, 1.807) is 0 Å². The van der Waals surface area contributed by atoms with Gasteiger partial charge in [0.05, 0.1) is 6.61 Å². The van der Waals surface area contributed by atoms with Crippen molar-refractivity contribution in [3.8, 4) is 0 Å². The van der Waals surface area contributed by atoms with Gasteiger partial charge in [0.25, 0.3) is 0 Å². The third-order valence-electron chi connectivity index (χ3n) is 1.73. The fraction of sp³-hybridized carbons (Fsp3) is 0.900. The van der Waals surface area contributed by atoms with E-state index in [9.17, 15) is 4.79 Å². The molecule has 0 aliphatic rings. The fourth-order valence-electron chi connectivity index (χ4n) is 1.05. The molecule has 0 amide bonds. The average Bonchev–Trinajstić information content (AvgIpc) is 1.95. The monoisotopic (exact) mass is 190 g/mol. The Morgan fingerprint density at radius 2 is 1.85 bits per heavy atom. The van der Waals surface area contributed by atoms with Crippen LogP contribution in [0.4, 0.5) is 0 Å². The Labute approximate surface area is 80.8 Å². The van der Waals surface area contributed by atoms with Crippen LogP contribution < -0.4 is 0 Å². The van der Waals surface area contributed by atoms with Gasteiger partial charge in [0.15, 0.2) is 0 Å². The maximum absolute atomic E-state index is 10.4. The van der Waals surface area contributed by atoms with E-state index in [2.05, 4.69) is 13.8 Å². The lowest BCUT2D eigenvalue weighted by atomic mass is 10.1. The van der Waals surface area contributed by atoms with E-state index in [0.29, 0.717) is 6.61 Å². The SMILES string of the molecule is CC(=O)OCCCCCC(C)C.O. The van der Waals surface area contributed by atoms with Crippen LogP contribution >= 0.6 is 0 Å². The second-order valence-electron chi connectivity index (χ2n) is 3.58. The van der Waals surface area contributed by atoms with Crippen LogP contribution in [0.25, 0.3) is 0 Å². The molecule has 0 atom stereocenters. The van der Waals surface area contributed by atoms with Crippen LogP contribution in [0, 0.1) is 5.92 Å². The third kappa shape index (κ3) is 14.3. The second-order valence-corrected chi connectivity index (χ2v) is 3.58. The van der Waals surface area contributed by atoms with Crippen molar-refractivity contribution in [1.82, 2.24) is 0 Å². The van der Waals surface area contributed by atoms with Crippen LogP contribution in [-0.4, -0.2) is 18.1 Å². The molecule has 0 rings (SSSR count). The Morgan fingerprint density at radius 3 is 2.31 bits per heavy atom. The van der Waals surface area contributed by atoms with Crippen LogP contribution in [0.3, 0.4) is 0 Å². The van der Waals surface area contributed by atoms with E-state index in [4.69, 9.17) is 4.74 Å². The molecule has 0 aromatic carbocycles. The largest absolute Gasteiger partial charge is 0.466 e. The van der Waals surface area contributed by atoms with Gasteiger partial charge < -0.3 is 10.2 Å². The highest BCUT2D eigenvalue weighted by atomic mass is 16.5. The molecule has 13 heavy (non-hydrogen) atoms. The van der Waals surface area contributed by atoms with Gasteiger partial charge in [-0.05, 0) is 12.3 Å². The van der Waals surface area contributed by atoms with E-state index in [1.807, 2.05) is 0 Å². The highest BCUT2D eigenvalue weighted by Crippen LogP contribution is 2.07. The predicted octanol–water partition coefficient (Wildman–Crippen LogP) is 1.94. The van der Waals surface area contributed by atoms with E-state index in [0.717, 1.165) is 12.3 Å². The zero-order valence-corrected chi connectivity index (χ0v) is 8.93. The molecule has 0 radical (unpaired) electrons. The third-order valence-corrected chi connectivity index (χ3v) is 1.73. The van der Waals surface area contributed by atoms with Crippen molar-refractivity contribution in [2.75, 3.05) is 6.61 Å². The van der Waals surface area contributed by atoms with Gasteiger partial charge in [0.1, 0.15) is 0 Å².